The minimum absolute atomic E-state index is 0.260. The quantitative estimate of drug-likeness (QED) is 0.705. The summed E-state index contributed by atoms with van der Waals surface area (Å²) in [5.41, 5.74) is 2.18. The molecule has 0 unspecified atom stereocenters. The molecule has 0 aliphatic heterocycles. The van der Waals surface area contributed by atoms with Crippen molar-refractivity contribution in [3.63, 3.8) is 0 Å². The Bertz CT molecular complexity index is 1020. The third-order valence-corrected chi connectivity index (χ3v) is 5.26. The first kappa shape index (κ1) is 18.3. The Morgan fingerprint density at radius 3 is 2.71 bits per heavy atom. The molecule has 0 spiro atoms. The van der Waals surface area contributed by atoms with Gasteiger partial charge in [0.25, 0.3) is 0 Å². The number of aromatic nitrogens is 2. The molecule has 0 saturated carbocycles. The number of hydrogen-bond acceptors (Lipinski definition) is 5. The largest absolute Gasteiger partial charge is 0.468 e. The van der Waals surface area contributed by atoms with E-state index in [1.165, 1.54) is 7.11 Å². The van der Waals surface area contributed by atoms with Gasteiger partial charge in [-0.05, 0) is 35.6 Å². The fourth-order valence-corrected chi connectivity index (χ4v) is 4.03. The van der Waals surface area contributed by atoms with Crippen LogP contribution in [-0.2, 0) is 21.4 Å². The maximum Gasteiger partial charge on any atom is 0.316 e. The Labute approximate surface area is 161 Å². The first-order chi connectivity index (χ1) is 13.5. The summed E-state index contributed by atoms with van der Waals surface area (Å²) in [4.78, 5) is 20.9. The number of aliphatic hydroxyl groups excluding tert-OH is 1. The molecule has 2 aromatic carbocycles. The molecule has 1 N–H and O–H groups in total. The molecule has 1 heterocycles. The van der Waals surface area contributed by atoms with Crippen molar-refractivity contribution in [2.75, 3.05) is 7.11 Å². The van der Waals surface area contributed by atoms with Gasteiger partial charge in [-0.1, -0.05) is 42.5 Å². The second kappa shape index (κ2) is 7.13. The molecule has 28 heavy (non-hydrogen) atoms. The van der Waals surface area contributed by atoms with Gasteiger partial charge in [-0.2, -0.15) is 0 Å². The van der Waals surface area contributed by atoms with E-state index in [1.807, 2.05) is 48.5 Å². The maximum atomic E-state index is 13.1. The SMILES string of the molecule is COC(=O)[C@]1(Cc2cccc(-c3ncc(F)cn3)c2)C[C@H](O)c2ccccc21. The number of carbonyl (C=O) groups excluding carboxylic acids is 1. The van der Waals surface area contributed by atoms with Crippen LogP contribution in [0.25, 0.3) is 11.4 Å². The van der Waals surface area contributed by atoms with Crippen LogP contribution in [-0.4, -0.2) is 28.2 Å². The van der Waals surface area contributed by atoms with Crippen LogP contribution < -0.4 is 0 Å². The van der Waals surface area contributed by atoms with Crippen molar-refractivity contribution in [3.05, 3.63) is 83.4 Å². The number of hydrogen-bond donors (Lipinski definition) is 1. The van der Waals surface area contributed by atoms with Crippen LogP contribution in [0.3, 0.4) is 0 Å². The van der Waals surface area contributed by atoms with Gasteiger partial charge < -0.3 is 9.84 Å². The zero-order valence-corrected chi connectivity index (χ0v) is 15.3. The minimum Gasteiger partial charge on any atom is -0.468 e. The van der Waals surface area contributed by atoms with E-state index in [-0.39, 0.29) is 12.4 Å². The molecule has 3 aromatic rings. The van der Waals surface area contributed by atoms with E-state index < -0.39 is 17.3 Å². The standard InChI is InChI=1S/C22H19FN2O3/c1-28-21(27)22(11-19(26)17-7-2-3-8-18(17)22)10-14-5-4-6-15(9-14)20-24-12-16(23)13-25-20/h2-9,12-13,19,26H,10-11H2,1H3/t19-,22+/m0/s1. The normalized spacial score (nSPS) is 20.6. The number of halogens is 1. The average molecular weight is 378 g/mol. The van der Waals surface area contributed by atoms with Gasteiger partial charge in [0.15, 0.2) is 11.6 Å². The lowest BCUT2D eigenvalue weighted by molar-refractivity contribution is -0.148. The molecule has 0 bridgehead atoms. The van der Waals surface area contributed by atoms with Crippen molar-refractivity contribution in [2.24, 2.45) is 0 Å². The van der Waals surface area contributed by atoms with Crippen LogP contribution in [0, 0.1) is 5.82 Å². The van der Waals surface area contributed by atoms with Crippen molar-refractivity contribution >= 4 is 5.97 Å². The van der Waals surface area contributed by atoms with Gasteiger partial charge in [0.2, 0.25) is 0 Å². The number of nitrogens with zero attached hydrogens (tertiary/aromatic N) is 2. The van der Waals surface area contributed by atoms with Crippen molar-refractivity contribution in [2.45, 2.75) is 24.4 Å². The first-order valence-electron chi connectivity index (χ1n) is 8.96. The zero-order valence-electron chi connectivity index (χ0n) is 15.3. The van der Waals surface area contributed by atoms with E-state index in [9.17, 15) is 14.3 Å². The van der Waals surface area contributed by atoms with Gasteiger partial charge in [-0.3, -0.25) is 4.79 Å². The van der Waals surface area contributed by atoms with Crippen LogP contribution >= 0.6 is 0 Å². The van der Waals surface area contributed by atoms with E-state index in [1.54, 1.807) is 0 Å². The molecular formula is C22H19FN2O3. The van der Waals surface area contributed by atoms with Crippen molar-refractivity contribution in [3.8, 4) is 11.4 Å². The van der Waals surface area contributed by atoms with Gasteiger partial charge in [0, 0.05) is 5.56 Å². The molecule has 0 fully saturated rings. The molecule has 1 aliphatic carbocycles. The monoisotopic (exact) mass is 378 g/mol. The van der Waals surface area contributed by atoms with Crippen molar-refractivity contribution in [1.82, 2.24) is 9.97 Å². The number of carbonyl (C=O) groups is 1. The summed E-state index contributed by atoms with van der Waals surface area (Å²) >= 11 is 0. The fourth-order valence-electron chi connectivity index (χ4n) is 4.03. The van der Waals surface area contributed by atoms with Crippen LogP contribution in [0.4, 0.5) is 4.39 Å². The third-order valence-electron chi connectivity index (χ3n) is 5.26. The Morgan fingerprint density at radius 2 is 1.96 bits per heavy atom. The highest BCUT2D eigenvalue weighted by atomic mass is 19.1. The number of ether oxygens (including phenoxy) is 1. The van der Waals surface area contributed by atoms with E-state index in [0.29, 0.717) is 12.2 Å². The lowest BCUT2D eigenvalue weighted by Crippen LogP contribution is -2.37. The van der Waals surface area contributed by atoms with Crippen molar-refractivity contribution < 1.29 is 19.0 Å². The summed E-state index contributed by atoms with van der Waals surface area (Å²) in [6, 6.07) is 14.9. The molecule has 5 nitrogen and oxygen atoms in total. The minimum atomic E-state index is -0.965. The van der Waals surface area contributed by atoms with Crippen LogP contribution in [0.5, 0.6) is 0 Å². The van der Waals surface area contributed by atoms with Crippen LogP contribution in [0.2, 0.25) is 0 Å². The molecule has 4 rings (SSSR count). The Kier molecular flexibility index (Phi) is 4.65. The molecule has 1 aliphatic rings. The molecule has 142 valence electrons. The van der Waals surface area contributed by atoms with E-state index in [0.717, 1.165) is 34.6 Å². The number of fused-ring (bicyclic) bond motifs is 1. The summed E-state index contributed by atoms with van der Waals surface area (Å²) in [5.74, 6) is -0.469. The smallest absolute Gasteiger partial charge is 0.316 e. The van der Waals surface area contributed by atoms with Gasteiger partial charge in [-0.25, -0.2) is 14.4 Å². The maximum absolute atomic E-state index is 13.1. The first-order valence-corrected chi connectivity index (χ1v) is 8.96. The predicted molar refractivity (Wildman–Crippen MR) is 101 cm³/mol. The van der Waals surface area contributed by atoms with Gasteiger partial charge >= 0.3 is 5.97 Å². The Morgan fingerprint density at radius 1 is 1.21 bits per heavy atom. The van der Waals surface area contributed by atoms with Crippen LogP contribution in [0.1, 0.15) is 29.2 Å². The summed E-state index contributed by atoms with van der Waals surface area (Å²) in [5, 5.41) is 10.5. The lowest BCUT2D eigenvalue weighted by atomic mass is 9.76. The fraction of sp³-hybridized carbons (Fsp3) is 0.227. The van der Waals surface area contributed by atoms with Gasteiger partial charge in [0.05, 0.1) is 25.6 Å². The van der Waals surface area contributed by atoms with Crippen molar-refractivity contribution in [1.29, 1.82) is 0 Å². The lowest BCUT2D eigenvalue weighted by Gasteiger charge is -2.27. The molecule has 1 aromatic heterocycles. The van der Waals surface area contributed by atoms with Gasteiger partial charge in [0.1, 0.15) is 5.41 Å². The van der Waals surface area contributed by atoms with Gasteiger partial charge in [-0.15, -0.1) is 0 Å². The molecular weight excluding hydrogens is 359 g/mol. The second-order valence-corrected chi connectivity index (χ2v) is 6.98. The summed E-state index contributed by atoms with van der Waals surface area (Å²) < 4.78 is 18.2. The van der Waals surface area contributed by atoms with E-state index >= 15 is 0 Å². The number of methoxy groups -OCH3 is 1. The Balaban J connectivity index is 1.75. The Hall–Kier alpha value is -3.12. The van der Waals surface area contributed by atoms with E-state index in [2.05, 4.69) is 9.97 Å². The molecule has 0 radical (unpaired) electrons. The third kappa shape index (κ3) is 3.05. The summed E-state index contributed by atoms with van der Waals surface area (Å²) in [6.45, 7) is 0. The molecule has 0 saturated heterocycles. The predicted octanol–water partition coefficient (Wildman–Crippen LogP) is 3.37. The highest BCUT2D eigenvalue weighted by molar-refractivity contribution is 5.85. The zero-order chi connectivity index (χ0) is 19.7. The number of aliphatic hydroxyl groups is 1. The molecule has 2 atom stereocenters. The van der Waals surface area contributed by atoms with E-state index in [4.69, 9.17) is 4.74 Å². The number of rotatable bonds is 4. The average Bonchev–Trinajstić information content (AvgIpc) is 3.01. The summed E-state index contributed by atoms with van der Waals surface area (Å²) in [7, 11) is 1.36. The highest BCUT2D eigenvalue weighted by Crippen LogP contribution is 2.47. The topological polar surface area (TPSA) is 72.3 Å². The van der Waals surface area contributed by atoms with Crippen LogP contribution in [0.15, 0.2) is 60.9 Å². The number of esters is 1. The second-order valence-electron chi connectivity index (χ2n) is 6.98. The molecule has 0 amide bonds. The summed E-state index contributed by atoms with van der Waals surface area (Å²) in [6.07, 6.45) is 2.14. The molecule has 6 heteroatoms. The highest BCUT2D eigenvalue weighted by Gasteiger charge is 2.49. The number of benzene rings is 2.